The molecule has 0 aliphatic heterocycles. The fourth-order valence-electron chi connectivity index (χ4n) is 3.26. The normalized spacial score (nSPS) is 12.6. The summed E-state index contributed by atoms with van der Waals surface area (Å²) in [5.74, 6) is -1.46. The first-order valence-electron chi connectivity index (χ1n) is 10.3. The fourth-order valence-corrected chi connectivity index (χ4v) is 5.11. The minimum absolute atomic E-state index is 0.0117. The van der Waals surface area contributed by atoms with Gasteiger partial charge >= 0.3 is 12.1 Å². The quantitative estimate of drug-likeness (QED) is 0.304. The highest BCUT2D eigenvalue weighted by atomic mass is 32.2. The minimum Gasteiger partial charge on any atom is -0.496 e. The lowest BCUT2D eigenvalue weighted by Gasteiger charge is -2.26. The lowest BCUT2D eigenvalue weighted by molar-refractivity contribution is -0.139. The Morgan fingerprint density at radius 2 is 1.82 bits per heavy atom. The monoisotopic (exact) mass is 486 g/mol. The summed E-state index contributed by atoms with van der Waals surface area (Å²) in [6.45, 7) is 9.66. The second-order valence-corrected chi connectivity index (χ2v) is 10.4. The standard InChI is InChI=1S/C21H34N4O7S/c1-12-11-16(31-7)13(2)14(3)17(12)33(29,30)25(19(22)23)10-8-9-15(18(26)27)24-20(28)32-21(4,5)6/h11,15H,8-10H2,1-7H3,(H3,22,23)(H,24,28)(H,26,27). The first kappa shape index (κ1) is 28.0. The molecule has 1 rings (SSSR count). The van der Waals surface area contributed by atoms with Gasteiger partial charge in [0, 0.05) is 6.54 Å². The number of nitrogens with zero attached hydrogens (tertiary/aromatic N) is 1. The van der Waals surface area contributed by atoms with E-state index >= 15 is 0 Å². The van der Waals surface area contributed by atoms with Gasteiger partial charge in [-0.2, -0.15) is 0 Å². The number of hydrogen-bond acceptors (Lipinski definition) is 7. The Bertz CT molecular complexity index is 1020. The Balaban J connectivity index is 3.09. The van der Waals surface area contributed by atoms with Crippen molar-refractivity contribution in [2.24, 2.45) is 5.73 Å². The van der Waals surface area contributed by atoms with Crippen LogP contribution in [0.4, 0.5) is 4.79 Å². The van der Waals surface area contributed by atoms with Crippen LogP contribution in [0, 0.1) is 26.2 Å². The van der Waals surface area contributed by atoms with Crippen molar-refractivity contribution in [1.82, 2.24) is 9.62 Å². The summed E-state index contributed by atoms with van der Waals surface area (Å²) in [4.78, 5) is 23.5. The Kier molecular flexibility index (Phi) is 9.11. The zero-order valence-electron chi connectivity index (χ0n) is 20.1. The van der Waals surface area contributed by atoms with Crippen molar-refractivity contribution < 1.29 is 32.6 Å². The molecule has 1 amide bonds. The molecule has 0 aliphatic carbocycles. The number of benzene rings is 1. The second-order valence-electron chi connectivity index (χ2n) is 8.62. The van der Waals surface area contributed by atoms with Crippen LogP contribution < -0.4 is 15.8 Å². The molecular formula is C21H34N4O7S. The smallest absolute Gasteiger partial charge is 0.408 e. The van der Waals surface area contributed by atoms with Crippen LogP contribution in [0.25, 0.3) is 0 Å². The maximum Gasteiger partial charge on any atom is 0.408 e. The number of carboxylic acids is 1. The molecule has 5 N–H and O–H groups in total. The third-order valence-electron chi connectivity index (χ3n) is 4.86. The van der Waals surface area contributed by atoms with Crippen LogP contribution >= 0.6 is 0 Å². The third-order valence-corrected chi connectivity index (χ3v) is 6.96. The van der Waals surface area contributed by atoms with Crippen molar-refractivity contribution in [2.45, 2.75) is 70.9 Å². The number of amides is 1. The molecule has 1 unspecified atom stereocenters. The predicted molar refractivity (Wildman–Crippen MR) is 123 cm³/mol. The van der Waals surface area contributed by atoms with Crippen molar-refractivity contribution in [3.05, 3.63) is 22.8 Å². The number of rotatable bonds is 9. The van der Waals surface area contributed by atoms with E-state index in [4.69, 9.17) is 20.6 Å². The van der Waals surface area contributed by atoms with E-state index in [9.17, 15) is 23.1 Å². The molecule has 0 fully saturated rings. The maximum atomic E-state index is 13.4. The second kappa shape index (κ2) is 10.7. The molecule has 11 nitrogen and oxygen atoms in total. The molecule has 33 heavy (non-hydrogen) atoms. The van der Waals surface area contributed by atoms with Crippen LogP contribution in [-0.2, 0) is 19.6 Å². The molecule has 0 bridgehead atoms. The number of nitrogens with one attached hydrogen (secondary N) is 2. The lowest BCUT2D eigenvalue weighted by atomic mass is 10.1. The van der Waals surface area contributed by atoms with Crippen molar-refractivity contribution in [1.29, 1.82) is 5.41 Å². The molecule has 1 aromatic rings. The Labute approximate surface area is 194 Å². The number of sulfonamides is 1. The van der Waals surface area contributed by atoms with Crippen LogP contribution in [0.2, 0.25) is 0 Å². The molecule has 0 aliphatic rings. The number of methoxy groups -OCH3 is 1. The number of nitrogens with two attached hydrogens (primary N) is 1. The van der Waals surface area contributed by atoms with E-state index in [1.165, 1.54) is 7.11 Å². The predicted octanol–water partition coefficient (Wildman–Crippen LogP) is 2.26. The Morgan fingerprint density at radius 1 is 1.24 bits per heavy atom. The molecule has 0 heterocycles. The maximum absolute atomic E-state index is 13.4. The van der Waals surface area contributed by atoms with Crippen LogP contribution in [0.1, 0.15) is 50.3 Å². The van der Waals surface area contributed by atoms with Gasteiger partial charge in [-0.15, -0.1) is 0 Å². The zero-order chi connectivity index (χ0) is 25.7. The molecule has 0 radical (unpaired) electrons. The van der Waals surface area contributed by atoms with Crippen LogP contribution in [0.15, 0.2) is 11.0 Å². The minimum atomic E-state index is -4.21. The number of carboxylic acid groups (broad SMARTS) is 1. The number of alkyl carbamates (subject to hydrolysis) is 1. The number of carbonyl (C=O) groups excluding carboxylic acids is 1. The first-order chi connectivity index (χ1) is 15.0. The summed E-state index contributed by atoms with van der Waals surface area (Å²) >= 11 is 0. The highest BCUT2D eigenvalue weighted by Crippen LogP contribution is 2.32. The average molecular weight is 487 g/mol. The summed E-state index contributed by atoms with van der Waals surface area (Å²) in [5, 5.41) is 19.5. The van der Waals surface area contributed by atoms with E-state index in [2.05, 4.69) is 5.32 Å². The molecule has 12 heteroatoms. The number of carbonyl (C=O) groups is 2. The average Bonchev–Trinajstić information content (AvgIpc) is 2.64. The molecule has 0 saturated carbocycles. The topological polar surface area (TPSA) is 172 Å². The van der Waals surface area contributed by atoms with Gasteiger partial charge in [0.25, 0.3) is 10.0 Å². The van der Waals surface area contributed by atoms with Gasteiger partial charge in [-0.1, -0.05) is 0 Å². The van der Waals surface area contributed by atoms with E-state index in [0.717, 1.165) is 4.31 Å². The largest absolute Gasteiger partial charge is 0.496 e. The molecule has 1 atom stereocenters. The summed E-state index contributed by atoms with van der Waals surface area (Å²) in [7, 11) is -2.72. The first-order valence-corrected chi connectivity index (χ1v) is 11.7. The number of aliphatic carboxylic acids is 1. The zero-order valence-corrected chi connectivity index (χ0v) is 20.9. The summed E-state index contributed by atoms with van der Waals surface area (Å²) in [6, 6.07) is 0.293. The number of aryl methyl sites for hydroxylation is 1. The van der Waals surface area contributed by atoms with E-state index in [0.29, 0.717) is 22.4 Å². The molecule has 0 aromatic heterocycles. The fraction of sp³-hybridized carbons (Fsp3) is 0.571. The van der Waals surface area contributed by atoms with E-state index in [1.807, 2.05) is 0 Å². The van der Waals surface area contributed by atoms with Crippen molar-refractivity contribution >= 4 is 28.0 Å². The highest BCUT2D eigenvalue weighted by molar-refractivity contribution is 7.89. The summed E-state index contributed by atoms with van der Waals surface area (Å²) in [5.41, 5.74) is 6.30. The van der Waals surface area contributed by atoms with Crippen LogP contribution in [0.5, 0.6) is 5.75 Å². The molecule has 186 valence electrons. The van der Waals surface area contributed by atoms with Gasteiger partial charge in [0.15, 0.2) is 0 Å². The van der Waals surface area contributed by atoms with Gasteiger partial charge in [-0.25, -0.2) is 22.3 Å². The van der Waals surface area contributed by atoms with E-state index in [-0.39, 0.29) is 24.3 Å². The van der Waals surface area contributed by atoms with Gasteiger partial charge in [0.1, 0.15) is 17.4 Å². The van der Waals surface area contributed by atoms with Crippen molar-refractivity contribution in [3.8, 4) is 5.75 Å². The van der Waals surface area contributed by atoms with Crippen LogP contribution in [-0.4, -0.2) is 61.1 Å². The van der Waals surface area contributed by atoms with Crippen molar-refractivity contribution in [3.63, 3.8) is 0 Å². The van der Waals surface area contributed by atoms with Gasteiger partial charge < -0.3 is 25.6 Å². The van der Waals surface area contributed by atoms with E-state index < -0.39 is 39.7 Å². The molecule has 0 spiro atoms. The molecular weight excluding hydrogens is 452 g/mol. The summed E-state index contributed by atoms with van der Waals surface area (Å²) in [6.07, 6.45) is -0.988. The van der Waals surface area contributed by atoms with Crippen LogP contribution in [0.3, 0.4) is 0 Å². The van der Waals surface area contributed by atoms with E-state index in [1.54, 1.807) is 47.6 Å². The highest BCUT2D eigenvalue weighted by Gasteiger charge is 2.31. The Hall–Kier alpha value is -3.02. The van der Waals surface area contributed by atoms with Gasteiger partial charge in [0.05, 0.1) is 12.0 Å². The Morgan fingerprint density at radius 3 is 2.27 bits per heavy atom. The number of hydrogen-bond donors (Lipinski definition) is 4. The number of guanidine groups is 1. The van der Waals surface area contributed by atoms with Gasteiger partial charge in [-0.3, -0.25) is 5.41 Å². The third kappa shape index (κ3) is 7.24. The van der Waals surface area contributed by atoms with Crippen molar-refractivity contribution in [2.75, 3.05) is 13.7 Å². The molecule has 0 saturated heterocycles. The van der Waals surface area contributed by atoms with Gasteiger partial charge in [0.2, 0.25) is 5.96 Å². The SMILES string of the molecule is COc1cc(C)c(S(=O)(=O)N(CCCC(NC(=O)OC(C)(C)C)C(=O)O)C(=N)N)c(C)c1C. The summed E-state index contributed by atoms with van der Waals surface area (Å²) < 4.78 is 37.8. The van der Waals surface area contributed by atoms with Gasteiger partial charge in [-0.05, 0) is 77.1 Å². The number of ether oxygens (including phenoxy) is 2. The molecule has 1 aromatic carbocycles. The lowest BCUT2D eigenvalue weighted by Crippen LogP contribution is -2.45.